The summed E-state index contributed by atoms with van der Waals surface area (Å²) in [7, 11) is 3.14. The third kappa shape index (κ3) is 5.19. The molecular formula is C20H18BrN3O5S. The lowest BCUT2D eigenvalue weighted by Gasteiger charge is -2.10. The van der Waals surface area contributed by atoms with Crippen LogP contribution >= 0.6 is 27.7 Å². The normalized spacial score (nSPS) is 10.6. The molecule has 3 aromatic rings. The van der Waals surface area contributed by atoms with E-state index in [0.29, 0.717) is 39.0 Å². The van der Waals surface area contributed by atoms with E-state index in [-0.39, 0.29) is 11.2 Å². The summed E-state index contributed by atoms with van der Waals surface area (Å²) in [5, 5.41) is 11.2. The van der Waals surface area contributed by atoms with Crippen LogP contribution in [0.1, 0.15) is 16.8 Å². The van der Waals surface area contributed by atoms with Gasteiger partial charge in [-0.05, 0) is 39.2 Å². The number of hydrogen-bond acceptors (Lipinski definition) is 7. The van der Waals surface area contributed by atoms with Gasteiger partial charge >= 0.3 is 0 Å². The number of nitro groups is 1. The van der Waals surface area contributed by atoms with Crippen molar-refractivity contribution in [1.82, 2.24) is 9.97 Å². The van der Waals surface area contributed by atoms with E-state index in [9.17, 15) is 14.9 Å². The van der Waals surface area contributed by atoms with Gasteiger partial charge in [-0.2, -0.15) is 0 Å². The molecule has 0 amide bonds. The van der Waals surface area contributed by atoms with E-state index in [1.807, 2.05) is 12.1 Å². The summed E-state index contributed by atoms with van der Waals surface area (Å²) >= 11 is 4.66. The van der Waals surface area contributed by atoms with Gasteiger partial charge in [0.25, 0.3) is 11.2 Å². The molecule has 8 nitrogen and oxygen atoms in total. The Morgan fingerprint density at radius 3 is 2.40 bits per heavy atom. The van der Waals surface area contributed by atoms with E-state index < -0.39 is 4.92 Å². The smallest absolute Gasteiger partial charge is 0.269 e. The molecule has 0 saturated heterocycles. The van der Waals surface area contributed by atoms with E-state index in [1.54, 1.807) is 32.4 Å². The van der Waals surface area contributed by atoms with Gasteiger partial charge in [-0.15, -0.1) is 0 Å². The minimum atomic E-state index is -0.439. The standard InChI is InChI=1S/C20H18BrN3O5S/c1-28-16-8-5-13(10-17(16)29-2)9-15-18(21)19(25)23-20(22-15)30-11-12-3-6-14(7-4-12)24(26)27/h3-8,10H,9,11H2,1-2H3,(H,22,23,25). The van der Waals surface area contributed by atoms with E-state index >= 15 is 0 Å². The Morgan fingerprint density at radius 1 is 1.10 bits per heavy atom. The van der Waals surface area contributed by atoms with Crippen molar-refractivity contribution in [3.05, 3.63) is 84.2 Å². The van der Waals surface area contributed by atoms with Gasteiger partial charge in [-0.25, -0.2) is 4.98 Å². The molecular weight excluding hydrogens is 474 g/mol. The quantitative estimate of drug-likeness (QED) is 0.216. The van der Waals surface area contributed by atoms with Crippen LogP contribution in [-0.2, 0) is 12.2 Å². The van der Waals surface area contributed by atoms with Crippen molar-refractivity contribution in [3.63, 3.8) is 0 Å². The Hall–Kier alpha value is -2.85. The lowest BCUT2D eigenvalue weighted by molar-refractivity contribution is -0.384. The first-order chi connectivity index (χ1) is 14.4. The van der Waals surface area contributed by atoms with Crippen LogP contribution in [0.15, 0.2) is 56.9 Å². The number of aromatic nitrogens is 2. The van der Waals surface area contributed by atoms with Gasteiger partial charge in [0, 0.05) is 24.3 Å². The zero-order chi connectivity index (χ0) is 21.7. The molecule has 0 aliphatic carbocycles. The molecule has 0 aliphatic rings. The second-order valence-corrected chi connectivity index (χ2v) is 7.97. The van der Waals surface area contributed by atoms with Gasteiger partial charge in [0.15, 0.2) is 16.7 Å². The number of methoxy groups -OCH3 is 2. The molecule has 2 aromatic carbocycles. The lowest BCUT2D eigenvalue weighted by atomic mass is 10.1. The van der Waals surface area contributed by atoms with E-state index in [0.717, 1.165) is 11.1 Å². The first-order valence-electron chi connectivity index (χ1n) is 8.77. The van der Waals surface area contributed by atoms with Crippen LogP contribution < -0.4 is 15.0 Å². The SMILES string of the molecule is COc1ccc(Cc2nc(SCc3ccc([N+](=O)[O-])cc3)[nH]c(=O)c2Br)cc1OC. The van der Waals surface area contributed by atoms with Crippen molar-refractivity contribution >= 4 is 33.4 Å². The minimum absolute atomic E-state index is 0.0381. The highest BCUT2D eigenvalue weighted by molar-refractivity contribution is 9.10. The van der Waals surface area contributed by atoms with Crippen LogP contribution in [-0.4, -0.2) is 29.1 Å². The monoisotopic (exact) mass is 491 g/mol. The summed E-state index contributed by atoms with van der Waals surface area (Å²) in [5.74, 6) is 1.74. The molecule has 0 atom stereocenters. The summed E-state index contributed by atoms with van der Waals surface area (Å²) in [6, 6.07) is 11.8. The average Bonchev–Trinajstić information content (AvgIpc) is 2.75. The van der Waals surface area contributed by atoms with Gasteiger partial charge in [0.1, 0.15) is 4.47 Å². The highest BCUT2D eigenvalue weighted by atomic mass is 79.9. The van der Waals surface area contributed by atoms with Gasteiger partial charge in [-0.3, -0.25) is 14.9 Å². The first kappa shape index (κ1) is 21.8. The fraction of sp³-hybridized carbons (Fsp3) is 0.200. The largest absolute Gasteiger partial charge is 0.493 e. The molecule has 1 heterocycles. The van der Waals surface area contributed by atoms with Crippen LogP contribution in [0.4, 0.5) is 5.69 Å². The highest BCUT2D eigenvalue weighted by Crippen LogP contribution is 2.29. The third-order valence-electron chi connectivity index (χ3n) is 4.25. The number of ether oxygens (including phenoxy) is 2. The Bertz CT molecular complexity index is 1120. The number of rotatable bonds is 8. The molecule has 10 heteroatoms. The maximum Gasteiger partial charge on any atom is 0.269 e. The second-order valence-electron chi connectivity index (χ2n) is 6.21. The maximum absolute atomic E-state index is 12.3. The topological polar surface area (TPSA) is 107 Å². The van der Waals surface area contributed by atoms with E-state index in [1.165, 1.54) is 23.9 Å². The lowest BCUT2D eigenvalue weighted by Crippen LogP contribution is -2.13. The molecule has 0 radical (unpaired) electrons. The molecule has 3 rings (SSSR count). The van der Waals surface area contributed by atoms with Crippen molar-refractivity contribution in [2.45, 2.75) is 17.3 Å². The summed E-state index contributed by atoms with van der Waals surface area (Å²) < 4.78 is 11.0. The number of halogens is 1. The van der Waals surface area contributed by atoms with E-state index in [4.69, 9.17) is 9.47 Å². The van der Waals surface area contributed by atoms with Crippen molar-refractivity contribution in [2.75, 3.05) is 14.2 Å². The summed E-state index contributed by atoms with van der Waals surface area (Å²) in [5.41, 5.74) is 2.16. The molecule has 0 unspecified atom stereocenters. The molecule has 0 saturated carbocycles. The van der Waals surface area contributed by atoms with Crippen LogP contribution in [0.3, 0.4) is 0 Å². The molecule has 1 N–H and O–H groups in total. The van der Waals surface area contributed by atoms with Gasteiger partial charge < -0.3 is 14.5 Å². The number of thioether (sulfide) groups is 1. The van der Waals surface area contributed by atoms with Crippen LogP contribution in [0.5, 0.6) is 11.5 Å². The highest BCUT2D eigenvalue weighted by Gasteiger charge is 2.13. The summed E-state index contributed by atoms with van der Waals surface area (Å²) in [4.78, 5) is 30.0. The van der Waals surface area contributed by atoms with Gasteiger partial charge in [0.05, 0.1) is 24.8 Å². The Kier molecular flexibility index (Phi) is 7.11. The zero-order valence-electron chi connectivity index (χ0n) is 16.2. The number of hydrogen-bond donors (Lipinski definition) is 1. The predicted molar refractivity (Wildman–Crippen MR) is 118 cm³/mol. The van der Waals surface area contributed by atoms with Crippen LogP contribution in [0.2, 0.25) is 0 Å². The number of aromatic amines is 1. The minimum Gasteiger partial charge on any atom is -0.493 e. The molecule has 0 aliphatic heterocycles. The number of nitro benzene ring substituents is 1. The number of nitrogens with zero attached hydrogens (tertiary/aromatic N) is 2. The fourth-order valence-corrected chi connectivity index (χ4v) is 3.88. The number of benzene rings is 2. The van der Waals surface area contributed by atoms with Gasteiger partial charge in [0.2, 0.25) is 0 Å². The Balaban J connectivity index is 1.78. The Morgan fingerprint density at radius 2 is 1.77 bits per heavy atom. The van der Waals surface area contributed by atoms with E-state index in [2.05, 4.69) is 25.9 Å². The first-order valence-corrected chi connectivity index (χ1v) is 10.5. The zero-order valence-corrected chi connectivity index (χ0v) is 18.6. The molecule has 0 spiro atoms. The van der Waals surface area contributed by atoms with Crippen LogP contribution in [0, 0.1) is 10.1 Å². The molecule has 30 heavy (non-hydrogen) atoms. The number of H-pyrrole nitrogens is 1. The van der Waals surface area contributed by atoms with Crippen molar-refractivity contribution in [2.24, 2.45) is 0 Å². The summed E-state index contributed by atoms with van der Waals surface area (Å²) in [6.45, 7) is 0. The molecule has 0 fully saturated rings. The maximum atomic E-state index is 12.3. The number of nitrogens with one attached hydrogen (secondary N) is 1. The fourth-order valence-electron chi connectivity index (χ4n) is 2.72. The Labute approximate surface area is 184 Å². The molecule has 156 valence electrons. The van der Waals surface area contributed by atoms with Crippen molar-refractivity contribution in [1.29, 1.82) is 0 Å². The van der Waals surface area contributed by atoms with Crippen molar-refractivity contribution in [3.8, 4) is 11.5 Å². The third-order valence-corrected chi connectivity index (χ3v) is 6.01. The molecule has 0 bridgehead atoms. The predicted octanol–water partition coefficient (Wildman–Crippen LogP) is 4.34. The number of non-ortho nitro benzene ring substituents is 1. The second kappa shape index (κ2) is 9.77. The molecule has 1 aromatic heterocycles. The summed E-state index contributed by atoms with van der Waals surface area (Å²) in [6.07, 6.45) is 0.427. The van der Waals surface area contributed by atoms with Crippen LogP contribution in [0.25, 0.3) is 0 Å². The van der Waals surface area contributed by atoms with Gasteiger partial charge in [-0.1, -0.05) is 30.0 Å². The average molecular weight is 492 g/mol. The van der Waals surface area contributed by atoms with Crippen molar-refractivity contribution < 1.29 is 14.4 Å².